The van der Waals surface area contributed by atoms with E-state index >= 15 is 0 Å². The van der Waals surface area contributed by atoms with Crippen LogP contribution in [0.5, 0.6) is 0 Å². The number of rotatable bonds is 6. The Labute approximate surface area is 150 Å². The van der Waals surface area contributed by atoms with Crippen LogP contribution in [-0.4, -0.2) is 38.9 Å². The first-order valence-electron chi connectivity index (χ1n) is 9.11. The van der Waals surface area contributed by atoms with Gasteiger partial charge < -0.3 is 4.90 Å². The Morgan fingerprint density at radius 2 is 1.80 bits per heavy atom. The van der Waals surface area contributed by atoms with Crippen molar-refractivity contribution in [1.82, 2.24) is 4.90 Å². The molecule has 1 saturated carbocycles. The average Bonchev–Trinajstić information content (AvgIpc) is 3.32. The summed E-state index contributed by atoms with van der Waals surface area (Å²) in [5, 5.41) is 0. The number of benzene rings is 1. The van der Waals surface area contributed by atoms with Crippen molar-refractivity contribution in [3.05, 3.63) is 29.8 Å². The van der Waals surface area contributed by atoms with Crippen LogP contribution in [0.4, 0.5) is 0 Å². The topological polar surface area (TPSA) is 63.7 Å². The zero-order chi connectivity index (χ0) is 18.0. The molecular weight excluding hydrogens is 338 g/mol. The third-order valence-corrected chi connectivity index (χ3v) is 6.75. The molecule has 0 radical (unpaired) electrons. The standard InChI is InChI=1S/C19H27NO4S/c1-14-3-5-17(6-4-14)25(22,23)24-12-9-16-7-10-20(11-8-16)19(21)18-13-15(18)2/h3-6,15-16,18H,7-13H2,1-2H3. The van der Waals surface area contributed by atoms with Gasteiger partial charge in [-0.2, -0.15) is 8.42 Å². The van der Waals surface area contributed by atoms with Gasteiger partial charge in [0.15, 0.2) is 0 Å². The van der Waals surface area contributed by atoms with Gasteiger partial charge in [0.05, 0.1) is 11.5 Å². The Morgan fingerprint density at radius 3 is 2.36 bits per heavy atom. The molecule has 1 aromatic rings. The van der Waals surface area contributed by atoms with Crippen molar-refractivity contribution < 1.29 is 17.4 Å². The molecule has 2 fully saturated rings. The highest BCUT2D eigenvalue weighted by Crippen LogP contribution is 2.39. The van der Waals surface area contributed by atoms with Crippen LogP contribution < -0.4 is 0 Å². The van der Waals surface area contributed by atoms with E-state index in [4.69, 9.17) is 4.18 Å². The molecule has 2 aliphatic rings. The zero-order valence-electron chi connectivity index (χ0n) is 15.0. The molecule has 1 aliphatic carbocycles. The van der Waals surface area contributed by atoms with E-state index in [1.807, 2.05) is 11.8 Å². The molecule has 2 atom stereocenters. The van der Waals surface area contributed by atoms with E-state index in [1.165, 1.54) is 0 Å². The second-order valence-electron chi connectivity index (χ2n) is 7.47. The van der Waals surface area contributed by atoms with E-state index in [1.54, 1.807) is 24.3 Å². The summed E-state index contributed by atoms with van der Waals surface area (Å²) in [6.07, 6.45) is 3.61. The first-order valence-corrected chi connectivity index (χ1v) is 10.5. The number of hydrogen-bond acceptors (Lipinski definition) is 4. The number of nitrogens with zero attached hydrogens (tertiary/aromatic N) is 1. The monoisotopic (exact) mass is 365 g/mol. The molecule has 2 unspecified atom stereocenters. The molecule has 6 heteroatoms. The van der Waals surface area contributed by atoms with Crippen molar-refractivity contribution in [1.29, 1.82) is 0 Å². The molecule has 0 aromatic heterocycles. The molecule has 1 aliphatic heterocycles. The molecular formula is C19H27NO4S. The maximum atomic E-state index is 12.2. The maximum Gasteiger partial charge on any atom is 0.296 e. The van der Waals surface area contributed by atoms with E-state index in [2.05, 4.69) is 6.92 Å². The van der Waals surface area contributed by atoms with Gasteiger partial charge in [-0.15, -0.1) is 0 Å². The van der Waals surface area contributed by atoms with E-state index in [-0.39, 0.29) is 17.4 Å². The summed E-state index contributed by atoms with van der Waals surface area (Å²) in [7, 11) is -3.68. The predicted octanol–water partition coefficient (Wildman–Crippen LogP) is 2.99. The van der Waals surface area contributed by atoms with E-state index < -0.39 is 10.1 Å². The van der Waals surface area contributed by atoms with Crippen LogP contribution in [0.25, 0.3) is 0 Å². The first-order chi connectivity index (χ1) is 11.9. The Bertz CT molecular complexity index is 705. The van der Waals surface area contributed by atoms with Crippen LogP contribution in [0.2, 0.25) is 0 Å². The molecule has 25 heavy (non-hydrogen) atoms. The molecule has 1 amide bonds. The lowest BCUT2D eigenvalue weighted by molar-refractivity contribution is -0.134. The fourth-order valence-corrected chi connectivity index (χ4v) is 4.36. The average molecular weight is 365 g/mol. The Morgan fingerprint density at radius 1 is 1.20 bits per heavy atom. The fraction of sp³-hybridized carbons (Fsp3) is 0.632. The molecule has 3 rings (SSSR count). The lowest BCUT2D eigenvalue weighted by Crippen LogP contribution is -2.39. The minimum Gasteiger partial charge on any atom is -0.342 e. The van der Waals surface area contributed by atoms with Crippen LogP contribution in [0, 0.1) is 24.7 Å². The third-order valence-electron chi connectivity index (χ3n) is 5.43. The highest BCUT2D eigenvalue weighted by atomic mass is 32.2. The highest BCUT2D eigenvalue weighted by molar-refractivity contribution is 7.86. The van der Waals surface area contributed by atoms with Gasteiger partial charge in [-0.25, -0.2) is 0 Å². The first kappa shape index (κ1) is 18.4. The summed E-state index contributed by atoms with van der Waals surface area (Å²) in [5.74, 6) is 1.53. The summed E-state index contributed by atoms with van der Waals surface area (Å²) in [6, 6.07) is 6.69. The van der Waals surface area contributed by atoms with Gasteiger partial charge in [0.25, 0.3) is 10.1 Å². The van der Waals surface area contributed by atoms with E-state index in [0.717, 1.165) is 37.9 Å². The van der Waals surface area contributed by atoms with Gasteiger partial charge in [0, 0.05) is 19.0 Å². The van der Waals surface area contributed by atoms with Gasteiger partial charge in [-0.3, -0.25) is 8.98 Å². The largest absolute Gasteiger partial charge is 0.342 e. The van der Waals surface area contributed by atoms with Crippen LogP contribution in [0.15, 0.2) is 29.2 Å². The summed E-state index contributed by atoms with van der Waals surface area (Å²) in [6.45, 7) is 5.82. The fourth-order valence-electron chi connectivity index (χ4n) is 3.44. The molecule has 0 bridgehead atoms. The summed E-state index contributed by atoms with van der Waals surface area (Å²) in [5.41, 5.74) is 1.01. The van der Waals surface area contributed by atoms with Gasteiger partial charge in [0.1, 0.15) is 0 Å². The quantitative estimate of drug-likeness (QED) is 0.727. The number of likely N-dealkylation sites (tertiary alicyclic amines) is 1. The van der Waals surface area contributed by atoms with Crippen molar-refractivity contribution in [2.75, 3.05) is 19.7 Å². The van der Waals surface area contributed by atoms with Gasteiger partial charge in [-0.1, -0.05) is 24.6 Å². The summed E-state index contributed by atoms with van der Waals surface area (Å²) >= 11 is 0. The van der Waals surface area contributed by atoms with Crippen molar-refractivity contribution in [2.45, 2.75) is 44.4 Å². The minimum absolute atomic E-state index is 0.203. The highest BCUT2D eigenvalue weighted by Gasteiger charge is 2.42. The van der Waals surface area contributed by atoms with Gasteiger partial charge in [-0.05, 0) is 56.6 Å². The smallest absolute Gasteiger partial charge is 0.296 e. The van der Waals surface area contributed by atoms with Crippen molar-refractivity contribution in [3.8, 4) is 0 Å². The Hall–Kier alpha value is -1.40. The third kappa shape index (κ3) is 4.61. The lowest BCUT2D eigenvalue weighted by Gasteiger charge is -2.32. The molecule has 1 heterocycles. The predicted molar refractivity (Wildman–Crippen MR) is 95.5 cm³/mol. The van der Waals surface area contributed by atoms with Gasteiger partial charge in [0.2, 0.25) is 5.91 Å². The molecule has 5 nitrogen and oxygen atoms in total. The SMILES string of the molecule is Cc1ccc(S(=O)(=O)OCCC2CCN(C(=O)C3CC3C)CC2)cc1. The molecule has 1 aromatic carbocycles. The second-order valence-corrected chi connectivity index (χ2v) is 9.08. The van der Waals surface area contributed by atoms with E-state index in [9.17, 15) is 13.2 Å². The van der Waals surface area contributed by atoms with Crippen LogP contribution in [0.3, 0.4) is 0 Å². The van der Waals surface area contributed by atoms with Crippen molar-refractivity contribution >= 4 is 16.0 Å². The lowest BCUT2D eigenvalue weighted by atomic mass is 9.94. The maximum absolute atomic E-state index is 12.2. The van der Waals surface area contributed by atoms with Gasteiger partial charge >= 0.3 is 0 Å². The summed E-state index contributed by atoms with van der Waals surface area (Å²) in [4.78, 5) is 14.4. The Kier molecular flexibility index (Phi) is 5.49. The normalized spacial score (nSPS) is 24.3. The van der Waals surface area contributed by atoms with Crippen LogP contribution in [0.1, 0.15) is 38.2 Å². The van der Waals surface area contributed by atoms with Crippen LogP contribution >= 0.6 is 0 Å². The molecule has 0 spiro atoms. The van der Waals surface area contributed by atoms with Crippen LogP contribution in [-0.2, 0) is 19.1 Å². The number of aryl methyl sites for hydroxylation is 1. The number of hydrogen-bond donors (Lipinski definition) is 0. The number of carbonyl (C=O) groups excluding carboxylic acids is 1. The Balaban J connectivity index is 1.41. The number of amides is 1. The number of carbonyl (C=O) groups is 1. The van der Waals surface area contributed by atoms with E-state index in [0.29, 0.717) is 24.2 Å². The molecule has 0 N–H and O–H groups in total. The molecule has 1 saturated heterocycles. The minimum atomic E-state index is -3.68. The summed E-state index contributed by atoms with van der Waals surface area (Å²) < 4.78 is 29.5. The number of piperidine rings is 1. The molecule has 138 valence electrons. The zero-order valence-corrected chi connectivity index (χ0v) is 15.8. The second kappa shape index (κ2) is 7.46. The van der Waals surface area contributed by atoms with Crippen molar-refractivity contribution in [3.63, 3.8) is 0 Å². The van der Waals surface area contributed by atoms with Crippen molar-refractivity contribution in [2.24, 2.45) is 17.8 Å².